The fraction of sp³-hybridized carbons (Fsp3) is 0.467. The van der Waals surface area contributed by atoms with E-state index in [4.69, 9.17) is 5.11 Å². The summed E-state index contributed by atoms with van der Waals surface area (Å²) in [5, 5.41) is 11.8. The maximum Gasteiger partial charge on any atom is 0.335 e. The van der Waals surface area contributed by atoms with Crippen LogP contribution in [-0.2, 0) is 4.79 Å². The number of amides is 1. The maximum atomic E-state index is 12.1. The molecule has 1 amide bonds. The number of nitrogens with one attached hydrogen (secondary N) is 1. The molecule has 1 aromatic carbocycles. The van der Waals surface area contributed by atoms with E-state index in [1.54, 1.807) is 12.1 Å². The van der Waals surface area contributed by atoms with Crippen LogP contribution in [0.15, 0.2) is 18.2 Å². The lowest BCUT2D eigenvalue weighted by Crippen LogP contribution is -2.18. The van der Waals surface area contributed by atoms with Crippen molar-refractivity contribution in [2.24, 2.45) is 11.3 Å². The van der Waals surface area contributed by atoms with Gasteiger partial charge in [-0.15, -0.1) is 0 Å². The van der Waals surface area contributed by atoms with Crippen LogP contribution in [0.4, 0.5) is 5.69 Å². The summed E-state index contributed by atoms with van der Waals surface area (Å²) < 4.78 is 0. The van der Waals surface area contributed by atoms with E-state index < -0.39 is 5.97 Å². The highest BCUT2D eigenvalue weighted by molar-refractivity contribution is 5.97. The van der Waals surface area contributed by atoms with Crippen LogP contribution in [0.3, 0.4) is 0 Å². The minimum Gasteiger partial charge on any atom is -0.478 e. The molecule has 0 spiro atoms. The average Bonchev–Trinajstić information content (AvgIpc) is 3.05. The van der Waals surface area contributed by atoms with Crippen LogP contribution in [0.5, 0.6) is 0 Å². The monoisotopic (exact) mass is 261 g/mol. The van der Waals surface area contributed by atoms with Gasteiger partial charge in [-0.1, -0.05) is 19.9 Å². The summed E-state index contributed by atoms with van der Waals surface area (Å²) in [6, 6.07) is 4.77. The van der Waals surface area contributed by atoms with Crippen LogP contribution >= 0.6 is 0 Å². The lowest BCUT2D eigenvalue weighted by Gasteiger charge is -2.11. The van der Waals surface area contributed by atoms with Crippen molar-refractivity contribution in [3.8, 4) is 0 Å². The van der Waals surface area contributed by atoms with Gasteiger partial charge in [0, 0.05) is 11.6 Å². The molecule has 0 bridgehead atoms. The summed E-state index contributed by atoms with van der Waals surface area (Å²) in [5.74, 6) is -0.944. The SMILES string of the molecule is CCC1(C)CC1C(=O)Nc1cc(C(=O)O)ccc1C. The number of carboxylic acids is 1. The first-order valence-electron chi connectivity index (χ1n) is 6.52. The normalized spacial score (nSPS) is 24.9. The van der Waals surface area contributed by atoms with E-state index in [0.717, 1.165) is 18.4 Å². The fourth-order valence-electron chi connectivity index (χ4n) is 2.32. The number of carboxylic acid groups (broad SMARTS) is 1. The van der Waals surface area contributed by atoms with Gasteiger partial charge < -0.3 is 10.4 Å². The molecule has 0 aliphatic heterocycles. The Balaban J connectivity index is 2.13. The highest BCUT2D eigenvalue weighted by Gasteiger charge is 2.52. The van der Waals surface area contributed by atoms with Crippen molar-refractivity contribution in [1.29, 1.82) is 0 Å². The van der Waals surface area contributed by atoms with Gasteiger partial charge in [-0.2, -0.15) is 0 Å². The summed E-state index contributed by atoms with van der Waals surface area (Å²) in [4.78, 5) is 23.1. The molecule has 19 heavy (non-hydrogen) atoms. The topological polar surface area (TPSA) is 66.4 Å². The molecule has 0 aromatic heterocycles. The Morgan fingerprint density at radius 2 is 2.16 bits per heavy atom. The van der Waals surface area contributed by atoms with Crippen molar-refractivity contribution in [3.63, 3.8) is 0 Å². The van der Waals surface area contributed by atoms with Crippen molar-refractivity contribution < 1.29 is 14.7 Å². The van der Waals surface area contributed by atoms with Crippen LogP contribution in [-0.4, -0.2) is 17.0 Å². The summed E-state index contributed by atoms with van der Waals surface area (Å²) >= 11 is 0. The van der Waals surface area contributed by atoms with Crippen LogP contribution in [0, 0.1) is 18.3 Å². The minimum absolute atomic E-state index is 0.00464. The number of hydrogen-bond acceptors (Lipinski definition) is 2. The highest BCUT2D eigenvalue weighted by atomic mass is 16.4. The van der Waals surface area contributed by atoms with E-state index in [9.17, 15) is 9.59 Å². The summed E-state index contributed by atoms with van der Waals surface area (Å²) in [6.07, 6.45) is 1.90. The van der Waals surface area contributed by atoms with Crippen molar-refractivity contribution in [2.45, 2.75) is 33.6 Å². The van der Waals surface area contributed by atoms with E-state index in [2.05, 4.69) is 19.2 Å². The molecular weight excluding hydrogens is 242 g/mol. The first-order valence-corrected chi connectivity index (χ1v) is 6.52. The smallest absolute Gasteiger partial charge is 0.335 e. The maximum absolute atomic E-state index is 12.1. The van der Waals surface area contributed by atoms with Gasteiger partial charge in [-0.05, 0) is 42.9 Å². The number of aromatic carboxylic acids is 1. The Morgan fingerprint density at radius 1 is 1.47 bits per heavy atom. The van der Waals surface area contributed by atoms with Crippen LogP contribution < -0.4 is 5.32 Å². The van der Waals surface area contributed by atoms with Gasteiger partial charge in [-0.3, -0.25) is 4.79 Å². The summed E-state index contributed by atoms with van der Waals surface area (Å²) in [5.41, 5.74) is 1.77. The van der Waals surface area contributed by atoms with Gasteiger partial charge in [0.05, 0.1) is 5.56 Å². The quantitative estimate of drug-likeness (QED) is 0.875. The Hall–Kier alpha value is -1.84. The number of carbonyl (C=O) groups is 2. The first-order chi connectivity index (χ1) is 8.87. The molecule has 1 fully saturated rings. The molecule has 102 valence electrons. The summed E-state index contributed by atoms with van der Waals surface area (Å²) in [7, 11) is 0. The van der Waals surface area contributed by atoms with Crippen LogP contribution in [0.1, 0.15) is 42.6 Å². The van der Waals surface area contributed by atoms with E-state index in [1.807, 2.05) is 6.92 Å². The van der Waals surface area contributed by atoms with Crippen molar-refractivity contribution in [2.75, 3.05) is 5.32 Å². The number of anilines is 1. The molecule has 2 N–H and O–H groups in total. The molecule has 0 heterocycles. The third-order valence-corrected chi connectivity index (χ3v) is 4.22. The third kappa shape index (κ3) is 2.62. The van der Waals surface area contributed by atoms with Crippen molar-refractivity contribution in [3.05, 3.63) is 29.3 Å². The zero-order valence-electron chi connectivity index (χ0n) is 11.5. The molecule has 1 aliphatic carbocycles. The number of hydrogen-bond donors (Lipinski definition) is 2. The molecule has 2 atom stereocenters. The highest BCUT2D eigenvalue weighted by Crippen LogP contribution is 2.55. The van der Waals surface area contributed by atoms with E-state index >= 15 is 0 Å². The third-order valence-electron chi connectivity index (χ3n) is 4.22. The number of benzene rings is 1. The molecule has 2 rings (SSSR count). The molecule has 1 saturated carbocycles. The van der Waals surface area contributed by atoms with Gasteiger partial charge in [-0.25, -0.2) is 4.79 Å². The lowest BCUT2D eigenvalue weighted by molar-refractivity contribution is -0.118. The predicted molar refractivity (Wildman–Crippen MR) is 73.3 cm³/mol. The van der Waals surface area contributed by atoms with Gasteiger partial charge in [0.15, 0.2) is 0 Å². The Kier molecular flexibility index (Phi) is 3.35. The van der Waals surface area contributed by atoms with Crippen LogP contribution in [0.25, 0.3) is 0 Å². The standard InChI is InChI=1S/C15H19NO3/c1-4-15(3)8-11(15)13(17)16-12-7-10(14(18)19)6-5-9(12)2/h5-7,11H,4,8H2,1-3H3,(H,16,17)(H,18,19). The van der Waals surface area contributed by atoms with E-state index in [0.29, 0.717) is 5.69 Å². The van der Waals surface area contributed by atoms with E-state index in [-0.39, 0.29) is 22.8 Å². The second-order valence-electron chi connectivity index (χ2n) is 5.59. The average molecular weight is 261 g/mol. The Morgan fingerprint density at radius 3 is 2.68 bits per heavy atom. The predicted octanol–water partition coefficient (Wildman–Crippen LogP) is 3.07. The van der Waals surface area contributed by atoms with Gasteiger partial charge in [0.25, 0.3) is 0 Å². The second kappa shape index (κ2) is 4.68. The van der Waals surface area contributed by atoms with Crippen LogP contribution in [0.2, 0.25) is 0 Å². The second-order valence-corrected chi connectivity index (χ2v) is 5.59. The van der Waals surface area contributed by atoms with Gasteiger partial charge in [0.2, 0.25) is 5.91 Å². The number of aryl methyl sites for hydroxylation is 1. The molecule has 4 heteroatoms. The zero-order valence-corrected chi connectivity index (χ0v) is 11.5. The molecule has 4 nitrogen and oxygen atoms in total. The van der Waals surface area contributed by atoms with Gasteiger partial charge >= 0.3 is 5.97 Å². The molecule has 2 unspecified atom stereocenters. The fourth-order valence-corrected chi connectivity index (χ4v) is 2.32. The first kappa shape index (κ1) is 13.6. The Labute approximate surface area is 112 Å². The molecular formula is C15H19NO3. The minimum atomic E-state index is -0.986. The van der Waals surface area contributed by atoms with Crippen molar-refractivity contribution >= 4 is 17.6 Å². The molecule has 0 radical (unpaired) electrons. The lowest BCUT2D eigenvalue weighted by atomic mass is 10.0. The number of carbonyl (C=O) groups excluding carboxylic acids is 1. The molecule has 0 saturated heterocycles. The summed E-state index contributed by atoms with van der Waals surface area (Å²) in [6.45, 7) is 6.05. The zero-order chi connectivity index (χ0) is 14.2. The molecule has 1 aliphatic rings. The van der Waals surface area contributed by atoms with Gasteiger partial charge in [0.1, 0.15) is 0 Å². The largest absolute Gasteiger partial charge is 0.478 e. The number of rotatable bonds is 4. The van der Waals surface area contributed by atoms with E-state index in [1.165, 1.54) is 6.07 Å². The Bertz CT molecular complexity index is 538. The van der Waals surface area contributed by atoms with Crippen molar-refractivity contribution in [1.82, 2.24) is 0 Å². The molecule has 1 aromatic rings.